The van der Waals surface area contributed by atoms with Crippen molar-refractivity contribution in [2.24, 2.45) is 5.92 Å². The van der Waals surface area contributed by atoms with Crippen LogP contribution in [0.25, 0.3) is 0 Å². The van der Waals surface area contributed by atoms with E-state index in [1.54, 1.807) is 6.07 Å². The van der Waals surface area contributed by atoms with Crippen LogP contribution in [-0.4, -0.2) is 37.6 Å². The van der Waals surface area contributed by atoms with E-state index in [0.717, 1.165) is 0 Å². The zero-order chi connectivity index (χ0) is 21.0. The van der Waals surface area contributed by atoms with Gasteiger partial charge in [0.2, 0.25) is 21.8 Å². The number of carbonyl (C=O) groups excluding carboxylic acids is 2. The van der Waals surface area contributed by atoms with Gasteiger partial charge in [-0.1, -0.05) is 6.07 Å². The summed E-state index contributed by atoms with van der Waals surface area (Å²) in [4.78, 5) is 23.7. The van der Waals surface area contributed by atoms with E-state index < -0.39 is 21.8 Å². The Balaban J connectivity index is 1.70. The van der Waals surface area contributed by atoms with Gasteiger partial charge >= 0.3 is 0 Å². The number of hydrogen-bond donors (Lipinski definition) is 2. The summed E-state index contributed by atoms with van der Waals surface area (Å²) in [5.74, 6) is -1.57. The first-order valence-corrected chi connectivity index (χ1v) is 10.6. The molecule has 7 nitrogen and oxygen atoms in total. The lowest BCUT2D eigenvalue weighted by Crippen LogP contribution is -2.43. The second-order valence-electron chi connectivity index (χ2n) is 6.91. The van der Waals surface area contributed by atoms with Crippen LogP contribution in [0.5, 0.6) is 0 Å². The van der Waals surface area contributed by atoms with E-state index in [0.29, 0.717) is 30.8 Å². The fourth-order valence-electron chi connectivity index (χ4n) is 3.25. The number of carbonyl (C=O) groups is 2. The van der Waals surface area contributed by atoms with Crippen molar-refractivity contribution in [1.29, 1.82) is 0 Å². The second kappa shape index (κ2) is 8.71. The summed E-state index contributed by atoms with van der Waals surface area (Å²) in [6.45, 7) is 1.74. The van der Waals surface area contributed by atoms with Crippen LogP contribution in [-0.2, 0) is 19.6 Å². The summed E-state index contributed by atoms with van der Waals surface area (Å²) < 4.78 is 40.5. The minimum atomic E-state index is -3.77. The first kappa shape index (κ1) is 20.9. The maximum Gasteiger partial charge on any atom is 0.243 e. The third-order valence-electron chi connectivity index (χ3n) is 4.66. The van der Waals surface area contributed by atoms with Gasteiger partial charge in [-0.2, -0.15) is 4.31 Å². The largest absolute Gasteiger partial charge is 0.326 e. The molecule has 3 rings (SSSR count). The van der Waals surface area contributed by atoms with Gasteiger partial charge in [-0.3, -0.25) is 9.59 Å². The van der Waals surface area contributed by atoms with E-state index in [-0.39, 0.29) is 23.3 Å². The van der Waals surface area contributed by atoms with Crippen LogP contribution in [0.3, 0.4) is 0 Å². The molecule has 1 saturated heterocycles. The number of halogens is 1. The average molecular weight is 419 g/mol. The lowest BCUT2D eigenvalue weighted by atomic mass is 9.99. The number of benzene rings is 2. The summed E-state index contributed by atoms with van der Waals surface area (Å²) in [6.07, 6.45) is 1.10. The Kier molecular flexibility index (Phi) is 6.29. The van der Waals surface area contributed by atoms with Crippen LogP contribution >= 0.6 is 0 Å². The van der Waals surface area contributed by atoms with E-state index in [1.165, 1.54) is 53.7 Å². The fourth-order valence-corrected chi connectivity index (χ4v) is 4.77. The third-order valence-corrected chi connectivity index (χ3v) is 6.54. The van der Waals surface area contributed by atoms with E-state index in [2.05, 4.69) is 10.6 Å². The highest BCUT2D eigenvalue weighted by molar-refractivity contribution is 7.89. The molecule has 1 aliphatic heterocycles. The standard InChI is InChI=1S/C20H22FN3O4S/c1-14(25)22-17-7-9-19(10-8-17)29(27,28)24-11-3-4-15(13-24)20(26)23-18-6-2-5-16(21)12-18/h2,5-10,12,15H,3-4,11,13H2,1H3,(H,22,25)(H,23,26)/t15-/m1/s1. The quantitative estimate of drug-likeness (QED) is 0.779. The molecule has 1 heterocycles. The van der Waals surface area contributed by atoms with Crippen molar-refractivity contribution in [3.63, 3.8) is 0 Å². The maximum absolute atomic E-state index is 13.3. The molecule has 2 amide bonds. The number of hydrogen-bond acceptors (Lipinski definition) is 4. The number of nitrogens with zero attached hydrogens (tertiary/aromatic N) is 1. The van der Waals surface area contributed by atoms with Gasteiger partial charge in [0.25, 0.3) is 0 Å². The van der Waals surface area contributed by atoms with Gasteiger partial charge < -0.3 is 10.6 Å². The molecule has 0 spiro atoms. The monoisotopic (exact) mass is 419 g/mol. The highest BCUT2D eigenvalue weighted by Crippen LogP contribution is 2.25. The molecule has 0 unspecified atom stereocenters. The minimum Gasteiger partial charge on any atom is -0.326 e. The molecular formula is C20H22FN3O4S. The van der Waals surface area contributed by atoms with Crippen molar-refractivity contribution < 1.29 is 22.4 Å². The molecule has 1 fully saturated rings. The van der Waals surface area contributed by atoms with Gasteiger partial charge in [-0.25, -0.2) is 12.8 Å². The van der Waals surface area contributed by atoms with Crippen molar-refractivity contribution in [3.05, 3.63) is 54.3 Å². The molecule has 0 bridgehead atoms. The zero-order valence-electron chi connectivity index (χ0n) is 15.9. The Hall–Kier alpha value is -2.78. The summed E-state index contributed by atoms with van der Waals surface area (Å²) in [6, 6.07) is 11.5. The normalized spacial score (nSPS) is 17.5. The van der Waals surface area contributed by atoms with Crippen molar-refractivity contribution >= 4 is 33.2 Å². The molecule has 2 aromatic carbocycles. The van der Waals surface area contributed by atoms with Crippen LogP contribution in [0.2, 0.25) is 0 Å². The number of sulfonamides is 1. The fraction of sp³-hybridized carbons (Fsp3) is 0.300. The lowest BCUT2D eigenvalue weighted by Gasteiger charge is -2.31. The summed E-state index contributed by atoms with van der Waals surface area (Å²) in [5.41, 5.74) is 0.839. The van der Waals surface area contributed by atoms with Gasteiger partial charge in [-0.05, 0) is 55.3 Å². The van der Waals surface area contributed by atoms with Crippen LogP contribution in [0.4, 0.5) is 15.8 Å². The zero-order valence-corrected chi connectivity index (χ0v) is 16.7. The Morgan fingerprint density at radius 2 is 1.79 bits per heavy atom. The Bertz CT molecular complexity index is 1010. The highest BCUT2D eigenvalue weighted by Gasteiger charge is 2.33. The molecule has 2 N–H and O–H groups in total. The topological polar surface area (TPSA) is 95.6 Å². The first-order chi connectivity index (χ1) is 13.8. The second-order valence-corrected chi connectivity index (χ2v) is 8.85. The number of anilines is 2. The SMILES string of the molecule is CC(=O)Nc1ccc(S(=O)(=O)N2CCC[C@@H](C(=O)Nc3cccc(F)c3)C2)cc1. The Morgan fingerprint density at radius 1 is 1.07 bits per heavy atom. The lowest BCUT2D eigenvalue weighted by molar-refractivity contribution is -0.121. The molecule has 1 atom stereocenters. The van der Waals surface area contributed by atoms with Crippen LogP contribution in [0.1, 0.15) is 19.8 Å². The van der Waals surface area contributed by atoms with E-state index >= 15 is 0 Å². The number of nitrogens with one attached hydrogen (secondary N) is 2. The van der Waals surface area contributed by atoms with Crippen molar-refractivity contribution in [1.82, 2.24) is 4.31 Å². The smallest absolute Gasteiger partial charge is 0.243 e. The van der Waals surface area contributed by atoms with Crippen molar-refractivity contribution in [2.45, 2.75) is 24.7 Å². The van der Waals surface area contributed by atoms with Crippen LogP contribution in [0, 0.1) is 11.7 Å². The summed E-state index contributed by atoms with van der Waals surface area (Å²) >= 11 is 0. The van der Waals surface area contributed by atoms with Gasteiger partial charge in [0.15, 0.2) is 0 Å². The predicted octanol–water partition coefficient (Wildman–Crippen LogP) is 2.82. The van der Waals surface area contributed by atoms with Crippen molar-refractivity contribution in [3.8, 4) is 0 Å². The number of amides is 2. The van der Waals surface area contributed by atoms with Gasteiger partial charge in [0, 0.05) is 31.4 Å². The van der Waals surface area contributed by atoms with E-state index in [4.69, 9.17) is 0 Å². The van der Waals surface area contributed by atoms with Gasteiger partial charge in [-0.15, -0.1) is 0 Å². The molecule has 0 radical (unpaired) electrons. The third kappa shape index (κ3) is 5.18. The molecule has 0 saturated carbocycles. The molecule has 0 aromatic heterocycles. The van der Waals surface area contributed by atoms with E-state index in [1.807, 2.05) is 0 Å². The first-order valence-electron chi connectivity index (χ1n) is 9.20. The maximum atomic E-state index is 13.3. The summed E-state index contributed by atoms with van der Waals surface area (Å²) in [5, 5.41) is 5.23. The number of piperidine rings is 1. The Morgan fingerprint density at radius 3 is 2.45 bits per heavy atom. The van der Waals surface area contributed by atoms with Crippen molar-refractivity contribution in [2.75, 3.05) is 23.7 Å². The molecule has 1 aliphatic rings. The van der Waals surface area contributed by atoms with E-state index in [9.17, 15) is 22.4 Å². The molecular weight excluding hydrogens is 397 g/mol. The summed E-state index contributed by atoms with van der Waals surface area (Å²) in [7, 11) is -3.77. The molecule has 154 valence electrons. The molecule has 9 heteroatoms. The van der Waals surface area contributed by atoms with Crippen LogP contribution < -0.4 is 10.6 Å². The molecule has 29 heavy (non-hydrogen) atoms. The van der Waals surface area contributed by atoms with Crippen LogP contribution in [0.15, 0.2) is 53.4 Å². The molecule has 2 aromatic rings. The van der Waals surface area contributed by atoms with Gasteiger partial charge in [0.1, 0.15) is 5.82 Å². The molecule has 0 aliphatic carbocycles. The number of rotatable bonds is 5. The minimum absolute atomic E-state index is 0.0525. The highest BCUT2D eigenvalue weighted by atomic mass is 32.2. The Labute approximate surface area is 169 Å². The average Bonchev–Trinajstić information content (AvgIpc) is 2.68. The van der Waals surface area contributed by atoms with Gasteiger partial charge in [0.05, 0.1) is 10.8 Å². The predicted molar refractivity (Wildman–Crippen MR) is 107 cm³/mol.